The second-order valence-electron chi connectivity index (χ2n) is 6.96. The minimum atomic E-state index is -3.09. The van der Waals surface area contributed by atoms with E-state index in [4.69, 9.17) is 0 Å². The topological polar surface area (TPSA) is 52.7 Å². The van der Waals surface area contributed by atoms with Gasteiger partial charge in [-0.15, -0.1) is 0 Å². The Labute approximate surface area is 129 Å². The van der Waals surface area contributed by atoms with Gasteiger partial charge in [-0.3, -0.25) is 4.90 Å². The van der Waals surface area contributed by atoms with Crippen LogP contribution in [0.2, 0.25) is 0 Å². The van der Waals surface area contributed by atoms with E-state index in [9.17, 15) is 8.42 Å². The fourth-order valence-electron chi connectivity index (χ4n) is 3.68. The van der Waals surface area contributed by atoms with Crippen LogP contribution in [0, 0.1) is 0 Å². The molecule has 0 aromatic heterocycles. The summed E-state index contributed by atoms with van der Waals surface area (Å²) >= 11 is 0. The van der Waals surface area contributed by atoms with Crippen LogP contribution in [0.25, 0.3) is 0 Å². The van der Waals surface area contributed by atoms with Gasteiger partial charge in [0.1, 0.15) is 0 Å². The van der Waals surface area contributed by atoms with Crippen LogP contribution < -0.4 is 5.32 Å². The highest BCUT2D eigenvalue weighted by atomic mass is 32.2. The predicted molar refractivity (Wildman–Crippen MR) is 84.8 cm³/mol. The van der Waals surface area contributed by atoms with Crippen LogP contribution in [-0.2, 0) is 10.0 Å². The molecule has 5 nitrogen and oxygen atoms in total. The molecule has 2 heterocycles. The molecule has 0 aromatic rings. The summed E-state index contributed by atoms with van der Waals surface area (Å²) < 4.78 is 27.0. The van der Waals surface area contributed by atoms with Gasteiger partial charge in [-0.1, -0.05) is 6.42 Å². The molecule has 3 fully saturated rings. The first kappa shape index (κ1) is 15.7. The summed E-state index contributed by atoms with van der Waals surface area (Å²) in [5.74, 6) is 0.295. The molecule has 2 atom stereocenters. The number of nitrogens with zero attached hydrogens (tertiary/aromatic N) is 2. The lowest BCUT2D eigenvalue weighted by Crippen LogP contribution is -2.60. The van der Waals surface area contributed by atoms with E-state index in [-0.39, 0.29) is 6.04 Å². The Bertz CT molecular complexity index is 450. The highest BCUT2D eigenvalue weighted by Crippen LogP contribution is 2.26. The van der Waals surface area contributed by atoms with Gasteiger partial charge >= 0.3 is 0 Å². The van der Waals surface area contributed by atoms with Crippen LogP contribution in [0.4, 0.5) is 0 Å². The van der Waals surface area contributed by atoms with E-state index in [1.165, 1.54) is 25.7 Å². The molecule has 1 saturated carbocycles. The van der Waals surface area contributed by atoms with Crippen molar-refractivity contribution in [2.24, 2.45) is 0 Å². The van der Waals surface area contributed by atoms with Crippen LogP contribution in [0.3, 0.4) is 0 Å². The van der Waals surface area contributed by atoms with Gasteiger partial charge in [0.2, 0.25) is 10.0 Å². The van der Waals surface area contributed by atoms with Crippen molar-refractivity contribution >= 4 is 10.0 Å². The maximum Gasteiger partial charge on any atom is 0.214 e. The molecule has 2 unspecified atom stereocenters. The molecule has 3 rings (SSSR count). The van der Waals surface area contributed by atoms with E-state index < -0.39 is 10.0 Å². The Balaban J connectivity index is 1.52. The van der Waals surface area contributed by atoms with Crippen LogP contribution in [0.15, 0.2) is 0 Å². The van der Waals surface area contributed by atoms with Gasteiger partial charge in [-0.05, 0) is 52.1 Å². The summed E-state index contributed by atoms with van der Waals surface area (Å²) in [6, 6.07) is 1.24. The SMILES string of the molecule is CC1CN2CCCCC2CN1S(=O)(=O)CCCNC1CC1. The number of sulfonamides is 1. The molecule has 1 aliphatic carbocycles. The Morgan fingerprint density at radius 2 is 1.95 bits per heavy atom. The standard InChI is InChI=1S/C15H29N3O2S/c1-13-11-17-9-3-2-5-15(17)12-18(13)21(19,20)10-4-8-16-14-6-7-14/h13-16H,2-12H2,1H3. The summed E-state index contributed by atoms with van der Waals surface area (Å²) in [6.45, 7) is 5.66. The zero-order valence-corrected chi connectivity index (χ0v) is 13.9. The second-order valence-corrected chi connectivity index (χ2v) is 9.00. The van der Waals surface area contributed by atoms with Crippen molar-refractivity contribution in [3.8, 4) is 0 Å². The maximum absolute atomic E-state index is 12.6. The second kappa shape index (κ2) is 6.52. The first-order chi connectivity index (χ1) is 10.1. The minimum Gasteiger partial charge on any atom is -0.314 e. The summed E-state index contributed by atoms with van der Waals surface area (Å²) in [6.07, 6.45) is 6.91. The van der Waals surface area contributed by atoms with Gasteiger partial charge in [0.15, 0.2) is 0 Å². The fourth-order valence-corrected chi connectivity index (χ4v) is 5.44. The lowest BCUT2D eigenvalue weighted by atomic mass is 9.99. The zero-order valence-electron chi connectivity index (χ0n) is 13.1. The molecule has 122 valence electrons. The summed E-state index contributed by atoms with van der Waals surface area (Å²) in [7, 11) is -3.09. The van der Waals surface area contributed by atoms with Gasteiger partial charge in [0.25, 0.3) is 0 Å². The molecule has 2 aliphatic heterocycles. The maximum atomic E-state index is 12.6. The van der Waals surface area contributed by atoms with Crippen molar-refractivity contribution in [2.45, 2.75) is 63.6 Å². The highest BCUT2D eigenvalue weighted by Gasteiger charge is 2.38. The largest absolute Gasteiger partial charge is 0.314 e. The molecule has 0 amide bonds. The quantitative estimate of drug-likeness (QED) is 0.744. The van der Waals surface area contributed by atoms with Crippen molar-refractivity contribution in [3.05, 3.63) is 0 Å². The third kappa shape index (κ3) is 3.97. The number of piperazine rings is 1. The molecule has 0 bridgehead atoms. The van der Waals surface area contributed by atoms with Gasteiger partial charge in [0.05, 0.1) is 5.75 Å². The summed E-state index contributed by atoms with van der Waals surface area (Å²) in [5, 5.41) is 3.40. The van der Waals surface area contributed by atoms with E-state index >= 15 is 0 Å². The van der Waals surface area contributed by atoms with Crippen molar-refractivity contribution in [1.82, 2.24) is 14.5 Å². The Hall–Kier alpha value is -0.170. The van der Waals surface area contributed by atoms with E-state index in [2.05, 4.69) is 17.1 Å². The van der Waals surface area contributed by atoms with Gasteiger partial charge in [-0.2, -0.15) is 4.31 Å². The number of fused-ring (bicyclic) bond motifs is 1. The molecule has 0 radical (unpaired) electrons. The van der Waals surface area contributed by atoms with Gasteiger partial charge < -0.3 is 5.32 Å². The lowest BCUT2D eigenvalue weighted by molar-refractivity contribution is 0.0564. The van der Waals surface area contributed by atoms with Gasteiger partial charge in [0, 0.05) is 31.2 Å². The van der Waals surface area contributed by atoms with Crippen LogP contribution in [0.1, 0.15) is 45.4 Å². The van der Waals surface area contributed by atoms with E-state index in [0.29, 0.717) is 24.4 Å². The van der Waals surface area contributed by atoms with Crippen molar-refractivity contribution in [2.75, 3.05) is 31.9 Å². The molecule has 0 spiro atoms. The van der Waals surface area contributed by atoms with Crippen LogP contribution in [0.5, 0.6) is 0 Å². The van der Waals surface area contributed by atoms with E-state index in [0.717, 1.165) is 32.5 Å². The van der Waals surface area contributed by atoms with Crippen molar-refractivity contribution in [3.63, 3.8) is 0 Å². The molecule has 0 aromatic carbocycles. The number of hydrogen-bond donors (Lipinski definition) is 1. The van der Waals surface area contributed by atoms with E-state index in [1.807, 2.05) is 0 Å². The van der Waals surface area contributed by atoms with Crippen molar-refractivity contribution in [1.29, 1.82) is 0 Å². The Morgan fingerprint density at radius 1 is 1.14 bits per heavy atom. The average molecular weight is 315 g/mol. The molecule has 2 saturated heterocycles. The molecule has 6 heteroatoms. The van der Waals surface area contributed by atoms with E-state index in [1.54, 1.807) is 4.31 Å². The number of nitrogens with one attached hydrogen (secondary N) is 1. The fraction of sp³-hybridized carbons (Fsp3) is 1.00. The number of rotatable bonds is 6. The molecule has 21 heavy (non-hydrogen) atoms. The number of piperidine rings is 1. The molecule has 3 aliphatic rings. The van der Waals surface area contributed by atoms with Crippen LogP contribution in [-0.4, -0.2) is 67.7 Å². The summed E-state index contributed by atoms with van der Waals surface area (Å²) in [4.78, 5) is 2.49. The lowest BCUT2D eigenvalue weighted by Gasteiger charge is -2.46. The third-order valence-electron chi connectivity index (χ3n) is 5.08. The number of hydrogen-bond acceptors (Lipinski definition) is 4. The van der Waals surface area contributed by atoms with Gasteiger partial charge in [-0.25, -0.2) is 8.42 Å². The predicted octanol–water partition coefficient (Wildman–Crippen LogP) is 1.02. The zero-order chi connectivity index (χ0) is 14.9. The highest BCUT2D eigenvalue weighted by molar-refractivity contribution is 7.89. The monoisotopic (exact) mass is 315 g/mol. The molecule has 1 N–H and O–H groups in total. The van der Waals surface area contributed by atoms with Crippen molar-refractivity contribution < 1.29 is 8.42 Å². The minimum absolute atomic E-state index is 0.126. The molecular weight excluding hydrogens is 286 g/mol. The average Bonchev–Trinajstić information content (AvgIpc) is 3.27. The summed E-state index contributed by atoms with van der Waals surface area (Å²) in [5.41, 5.74) is 0. The smallest absolute Gasteiger partial charge is 0.214 e. The first-order valence-corrected chi connectivity index (χ1v) is 10.1. The third-order valence-corrected chi connectivity index (χ3v) is 7.10. The Kier molecular flexibility index (Phi) is 4.88. The molecular formula is C15H29N3O2S. The van der Waals surface area contributed by atoms with Crippen LogP contribution >= 0.6 is 0 Å². The first-order valence-electron chi connectivity index (χ1n) is 8.53. The normalized spacial score (nSPS) is 32.0. The Morgan fingerprint density at radius 3 is 2.71 bits per heavy atom.